The number of carboxylic acids is 1. The maximum atomic E-state index is 11.2. The summed E-state index contributed by atoms with van der Waals surface area (Å²) >= 11 is 0. The number of hydrogen-bond acceptors (Lipinski definition) is 3. The number of epoxide rings is 1. The van der Waals surface area contributed by atoms with E-state index < -0.39 is 5.97 Å². The van der Waals surface area contributed by atoms with Crippen molar-refractivity contribution in [2.45, 2.75) is 96.2 Å². The smallest absolute Gasteiger partial charge is 0.339 e. The lowest BCUT2D eigenvalue weighted by Gasteiger charge is -2.07. The number of hydrogen-bond donors (Lipinski definition) is 2. The van der Waals surface area contributed by atoms with E-state index in [9.17, 15) is 15.0 Å². The van der Waals surface area contributed by atoms with Gasteiger partial charge in [-0.2, -0.15) is 0 Å². The fourth-order valence-electron chi connectivity index (χ4n) is 3.69. The van der Waals surface area contributed by atoms with Gasteiger partial charge < -0.3 is 14.9 Å². The number of aromatic carboxylic acids is 1. The fraction of sp³-hybridized carbons (Fsp3) is 0.682. The highest BCUT2D eigenvalue weighted by molar-refractivity contribution is 5.92. The van der Waals surface area contributed by atoms with E-state index in [1.807, 2.05) is 0 Å². The van der Waals surface area contributed by atoms with Gasteiger partial charge in [0.15, 0.2) is 0 Å². The van der Waals surface area contributed by atoms with E-state index in [1.165, 1.54) is 63.9 Å². The summed E-state index contributed by atoms with van der Waals surface area (Å²) in [5.41, 5.74) is 0.790. The first kappa shape index (κ1) is 20.8. The quantitative estimate of drug-likeness (QED) is 0.328. The van der Waals surface area contributed by atoms with Crippen LogP contribution in [0.4, 0.5) is 0 Å². The molecule has 0 radical (unpaired) electrons. The molecule has 2 atom stereocenters. The Bertz CT molecular complexity index is 555. The molecule has 26 heavy (non-hydrogen) atoms. The van der Waals surface area contributed by atoms with Gasteiger partial charge in [0.1, 0.15) is 11.3 Å². The number of benzene rings is 1. The normalized spacial score (nSPS) is 18.8. The fourth-order valence-corrected chi connectivity index (χ4v) is 3.69. The highest BCUT2D eigenvalue weighted by Gasteiger charge is 2.36. The van der Waals surface area contributed by atoms with Crippen molar-refractivity contribution in [1.29, 1.82) is 0 Å². The minimum atomic E-state index is -1.05. The van der Waals surface area contributed by atoms with Gasteiger partial charge in [-0.3, -0.25) is 0 Å². The second kappa shape index (κ2) is 11.2. The zero-order valence-electron chi connectivity index (χ0n) is 16.1. The van der Waals surface area contributed by atoms with E-state index >= 15 is 0 Å². The first-order valence-electron chi connectivity index (χ1n) is 10.3. The summed E-state index contributed by atoms with van der Waals surface area (Å²) in [4.78, 5) is 11.2. The number of rotatable bonds is 14. The molecule has 1 saturated heterocycles. The first-order chi connectivity index (χ1) is 12.6. The Hall–Kier alpha value is -1.55. The van der Waals surface area contributed by atoms with Crippen LogP contribution in [-0.2, 0) is 11.2 Å². The van der Waals surface area contributed by atoms with E-state index in [1.54, 1.807) is 12.1 Å². The third-order valence-electron chi connectivity index (χ3n) is 5.31. The minimum Gasteiger partial charge on any atom is -0.507 e. The van der Waals surface area contributed by atoms with Gasteiger partial charge in [0.2, 0.25) is 0 Å². The zero-order chi connectivity index (χ0) is 18.8. The van der Waals surface area contributed by atoms with Crippen LogP contribution in [0.15, 0.2) is 18.2 Å². The van der Waals surface area contributed by atoms with Gasteiger partial charge in [-0.1, -0.05) is 70.4 Å². The van der Waals surface area contributed by atoms with E-state index in [2.05, 4.69) is 6.92 Å². The Labute approximate surface area is 157 Å². The van der Waals surface area contributed by atoms with Crippen molar-refractivity contribution in [1.82, 2.24) is 0 Å². The molecule has 0 amide bonds. The molecule has 1 aliphatic heterocycles. The minimum absolute atomic E-state index is 0.0587. The number of aromatic hydroxyl groups is 1. The summed E-state index contributed by atoms with van der Waals surface area (Å²) in [6, 6.07) is 4.95. The lowest BCUT2D eigenvalue weighted by atomic mass is 9.99. The molecule has 2 N–H and O–H groups in total. The van der Waals surface area contributed by atoms with Gasteiger partial charge >= 0.3 is 5.97 Å². The zero-order valence-corrected chi connectivity index (χ0v) is 16.1. The average Bonchev–Trinajstić information content (AvgIpc) is 3.36. The summed E-state index contributed by atoms with van der Waals surface area (Å²) in [5.74, 6) is -1.18. The van der Waals surface area contributed by atoms with E-state index in [4.69, 9.17) is 4.74 Å². The molecule has 1 heterocycles. The van der Waals surface area contributed by atoms with Crippen LogP contribution in [0.25, 0.3) is 0 Å². The molecule has 0 aromatic heterocycles. The predicted molar refractivity (Wildman–Crippen MR) is 104 cm³/mol. The van der Waals surface area contributed by atoms with E-state index in [0.717, 1.165) is 18.4 Å². The average molecular weight is 363 g/mol. The van der Waals surface area contributed by atoms with Crippen molar-refractivity contribution in [2.75, 3.05) is 0 Å². The largest absolute Gasteiger partial charge is 0.507 e. The highest BCUT2D eigenvalue weighted by atomic mass is 16.6. The molecule has 1 aromatic carbocycles. The van der Waals surface area contributed by atoms with Gasteiger partial charge in [-0.25, -0.2) is 4.79 Å². The maximum Gasteiger partial charge on any atom is 0.339 e. The Morgan fingerprint density at radius 1 is 0.962 bits per heavy atom. The van der Waals surface area contributed by atoms with Crippen molar-refractivity contribution in [3.05, 3.63) is 29.3 Å². The van der Waals surface area contributed by atoms with Gasteiger partial charge in [0.25, 0.3) is 0 Å². The van der Waals surface area contributed by atoms with Crippen LogP contribution in [0.2, 0.25) is 0 Å². The number of carboxylic acid groups (broad SMARTS) is 1. The number of phenols is 1. The van der Waals surface area contributed by atoms with Crippen LogP contribution in [0.1, 0.15) is 93.5 Å². The number of carbonyl (C=O) groups is 1. The standard InChI is InChI=1S/C22H34O4/c1-2-3-4-9-15-19-20(26-19)16-10-7-5-6-8-12-17-13-11-14-18(23)21(17)22(24)25/h11,13-14,19-20,23H,2-10,12,15-16H2,1H3,(H,24,25). The predicted octanol–water partition coefficient (Wildman–Crippen LogP) is 5.71. The Morgan fingerprint density at radius 3 is 2.23 bits per heavy atom. The molecule has 1 aromatic rings. The Balaban J connectivity index is 1.50. The third-order valence-corrected chi connectivity index (χ3v) is 5.31. The molecule has 0 bridgehead atoms. The van der Waals surface area contributed by atoms with Gasteiger partial charge in [-0.05, 0) is 37.3 Å². The number of unbranched alkanes of at least 4 members (excludes halogenated alkanes) is 7. The lowest BCUT2D eigenvalue weighted by Crippen LogP contribution is -2.03. The maximum absolute atomic E-state index is 11.2. The monoisotopic (exact) mass is 362 g/mol. The van der Waals surface area contributed by atoms with Crippen molar-refractivity contribution in [2.24, 2.45) is 0 Å². The third kappa shape index (κ3) is 6.99. The van der Waals surface area contributed by atoms with Gasteiger partial charge in [0.05, 0.1) is 12.2 Å². The van der Waals surface area contributed by atoms with E-state index in [-0.39, 0.29) is 11.3 Å². The molecule has 1 fully saturated rings. The van der Waals surface area contributed by atoms with Gasteiger partial charge in [0, 0.05) is 0 Å². The van der Waals surface area contributed by atoms with Crippen LogP contribution in [0, 0.1) is 0 Å². The summed E-state index contributed by atoms with van der Waals surface area (Å²) < 4.78 is 5.75. The topological polar surface area (TPSA) is 70.1 Å². The van der Waals surface area contributed by atoms with Crippen LogP contribution >= 0.6 is 0 Å². The second-order valence-electron chi connectivity index (χ2n) is 7.49. The van der Waals surface area contributed by atoms with Crippen LogP contribution in [0.3, 0.4) is 0 Å². The lowest BCUT2D eigenvalue weighted by molar-refractivity contribution is 0.0692. The summed E-state index contributed by atoms with van der Waals surface area (Å²) in [6.07, 6.45) is 15.1. The summed E-state index contributed by atoms with van der Waals surface area (Å²) in [5, 5.41) is 18.9. The molecule has 1 aliphatic rings. The van der Waals surface area contributed by atoms with Crippen molar-refractivity contribution in [3.8, 4) is 5.75 Å². The Morgan fingerprint density at radius 2 is 1.58 bits per heavy atom. The number of aryl methyl sites for hydroxylation is 1. The van der Waals surface area contributed by atoms with Crippen molar-refractivity contribution in [3.63, 3.8) is 0 Å². The molecule has 0 aliphatic carbocycles. The SMILES string of the molecule is CCCCCCC1OC1CCCCCCCc1cccc(O)c1C(=O)O. The van der Waals surface area contributed by atoms with E-state index in [0.29, 0.717) is 18.6 Å². The Kier molecular flexibility index (Phi) is 8.96. The molecule has 2 unspecified atom stereocenters. The second-order valence-corrected chi connectivity index (χ2v) is 7.49. The van der Waals surface area contributed by atoms with Crippen LogP contribution in [-0.4, -0.2) is 28.4 Å². The van der Waals surface area contributed by atoms with Crippen LogP contribution < -0.4 is 0 Å². The molecule has 4 nitrogen and oxygen atoms in total. The summed E-state index contributed by atoms with van der Waals surface area (Å²) in [6.45, 7) is 2.24. The molecule has 4 heteroatoms. The van der Waals surface area contributed by atoms with Crippen molar-refractivity contribution < 1.29 is 19.7 Å². The van der Waals surface area contributed by atoms with Crippen LogP contribution in [0.5, 0.6) is 5.75 Å². The number of ether oxygens (including phenoxy) is 1. The highest BCUT2D eigenvalue weighted by Crippen LogP contribution is 2.31. The molecular weight excluding hydrogens is 328 g/mol. The molecule has 146 valence electrons. The summed E-state index contributed by atoms with van der Waals surface area (Å²) in [7, 11) is 0. The van der Waals surface area contributed by atoms with Gasteiger partial charge in [-0.15, -0.1) is 0 Å². The van der Waals surface area contributed by atoms with Crippen molar-refractivity contribution >= 4 is 5.97 Å². The molecule has 0 saturated carbocycles. The molecular formula is C22H34O4. The molecule has 2 rings (SSSR count). The molecule has 0 spiro atoms. The first-order valence-corrected chi connectivity index (χ1v) is 10.3.